The molecule has 0 radical (unpaired) electrons. The highest BCUT2D eigenvalue weighted by Gasteiger charge is 2.06. The van der Waals surface area contributed by atoms with Crippen LogP contribution in [0.1, 0.15) is 20.3 Å². The van der Waals surface area contributed by atoms with E-state index < -0.39 is 0 Å². The second-order valence-corrected chi connectivity index (χ2v) is 4.96. The molecule has 0 amide bonds. The van der Waals surface area contributed by atoms with Gasteiger partial charge in [0.25, 0.3) is 0 Å². The van der Waals surface area contributed by atoms with Crippen molar-refractivity contribution in [1.29, 1.82) is 0 Å². The lowest BCUT2D eigenvalue weighted by atomic mass is 10.2. The van der Waals surface area contributed by atoms with Crippen LogP contribution < -0.4 is 15.8 Å². The van der Waals surface area contributed by atoms with Gasteiger partial charge in [-0.15, -0.1) is 0 Å². The molecule has 2 rings (SSSR count). The van der Waals surface area contributed by atoms with E-state index in [0.717, 1.165) is 30.9 Å². The van der Waals surface area contributed by atoms with Crippen LogP contribution in [0.4, 0.5) is 11.4 Å². The average molecular weight is 274 g/mol. The number of para-hydroxylation sites is 1. The molecule has 0 aliphatic heterocycles. The lowest BCUT2D eigenvalue weighted by Gasteiger charge is -2.15. The van der Waals surface area contributed by atoms with Gasteiger partial charge in [-0.2, -0.15) is 0 Å². The summed E-state index contributed by atoms with van der Waals surface area (Å²) in [5.74, 6) is 0.736. The summed E-state index contributed by atoms with van der Waals surface area (Å²) in [6, 6.07) is 5.82. The Kier molecular flexibility index (Phi) is 4.87. The van der Waals surface area contributed by atoms with Gasteiger partial charge in [-0.05, 0) is 32.4 Å². The Morgan fingerprint density at radius 2 is 2.25 bits per heavy atom. The zero-order valence-corrected chi connectivity index (χ0v) is 12.0. The SMILES string of the molecule is CC(C)Oc1cccc(NCCCn2ccnc2)c1N. The molecule has 3 N–H and O–H groups in total. The summed E-state index contributed by atoms with van der Waals surface area (Å²) in [6.07, 6.45) is 6.70. The van der Waals surface area contributed by atoms with Crippen molar-refractivity contribution in [3.8, 4) is 5.75 Å². The maximum absolute atomic E-state index is 6.11. The summed E-state index contributed by atoms with van der Waals surface area (Å²) in [4.78, 5) is 4.02. The van der Waals surface area contributed by atoms with E-state index in [1.165, 1.54) is 0 Å². The Morgan fingerprint density at radius 1 is 1.40 bits per heavy atom. The number of ether oxygens (including phenoxy) is 1. The number of hydrogen-bond donors (Lipinski definition) is 2. The highest BCUT2D eigenvalue weighted by atomic mass is 16.5. The van der Waals surface area contributed by atoms with Gasteiger partial charge in [0.05, 0.1) is 23.8 Å². The molecule has 0 aliphatic carbocycles. The van der Waals surface area contributed by atoms with E-state index in [4.69, 9.17) is 10.5 Å². The van der Waals surface area contributed by atoms with E-state index in [2.05, 4.69) is 14.9 Å². The first-order chi connectivity index (χ1) is 9.66. The Labute approximate surface area is 119 Å². The molecule has 0 spiro atoms. The lowest BCUT2D eigenvalue weighted by molar-refractivity contribution is 0.244. The molecule has 1 aromatic carbocycles. The number of hydrogen-bond acceptors (Lipinski definition) is 4. The van der Waals surface area contributed by atoms with Crippen molar-refractivity contribution in [1.82, 2.24) is 9.55 Å². The van der Waals surface area contributed by atoms with E-state index in [9.17, 15) is 0 Å². The van der Waals surface area contributed by atoms with Crippen molar-refractivity contribution in [3.05, 3.63) is 36.9 Å². The monoisotopic (exact) mass is 274 g/mol. The first kappa shape index (κ1) is 14.2. The number of nitrogens with one attached hydrogen (secondary N) is 1. The van der Waals surface area contributed by atoms with Crippen molar-refractivity contribution >= 4 is 11.4 Å². The summed E-state index contributed by atoms with van der Waals surface area (Å²) < 4.78 is 7.73. The molecule has 2 aromatic rings. The molecule has 0 saturated heterocycles. The minimum Gasteiger partial charge on any atom is -0.489 e. The molecule has 0 atom stereocenters. The highest BCUT2D eigenvalue weighted by Crippen LogP contribution is 2.29. The van der Waals surface area contributed by atoms with Gasteiger partial charge >= 0.3 is 0 Å². The van der Waals surface area contributed by atoms with Crippen LogP contribution in [-0.4, -0.2) is 22.2 Å². The maximum Gasteiger partial charge on any atom is 0.144 e. The Balaban J connectivity index is 1.86. The fourth-order valence-corrected chi connectivity index (χ4v) is 1.96. The predicted molar refractivity (Wildman–Crippen MR) is 82.0 cm³/mol. The Bertz CT molecular complexity index is 523. The fourth-order valence-electron chi connectivity index (χ4n) is 1.96. The van der Waals surface area contributed by atoms with Crippen LogP contribution in [0.25, 0.3) is 0 Å². The molecule has 108 valence electrons. The van der Waals surface area contributed by atoms with Crippen molar-refractivity contribution in [2.45, 2.75) is 32.9 Å². The number of aryl methyl sites for hydroxylation is 1. The summed E-state index contributed by atoms with van der Waals surface area (Å²) in [5.41, 5.74) is 7.70. The molecule has 0 saturated carbocycles. The third-order valence-corrected chi connectivity index (χ3v) is 2.90. The van der Waals surface area contributed by atoms with Crippen molar-refractivity contribution in [2.75, 3.05) is 17.6 Å². The van der Waals surface area contributed by atoms with Crippen LogP contribution in [0.15, 0.2) is 36.9 Å². The van der Waals surface area contributed by atoms with Crippen molar-refractivity contribution in [2.24, 2.45) is 0 Å². The van der Waals surface area contributed by atoms with Gasteiger partial charge in [-0.1, -0.05) is 6.07 Å². The van der Waals surface area contributed by atoms with Gasteiger partial charge in [-0.25, -0.2) is 4.98 Å². The van der Waals surface area contributed by atoms with E-state index >= 15 is 0 Å². The van der Waals surface area contributed by atoms with Gasteiger partial charge in [0, 0.05) is 25.5 Å². The number of nitrogens with two attached hydrogens (primary N) is 1. The zero-order chi connectivity index (χ0) is 14.4. The van der Waals surface area contributed by atoms with Gasteiger partial charge in [0.1, 0.15) is 5.75 Å². The van der Waals surface area contributed by atoms with Gasteiger partial charge in [0.15, 0.2) is 0 Å². The molecule has 5 heteroatoms. The minimum absolute atomic E-state index is 0.119. The number of nitrogens with zero attached hydrogens (tertiary/aromatic N) is 2. The van der Waals surface area contributed by atoms with Crippen LogP contribution in [0, 0.1) is 0 Å². The molecule has 0 aliphatic rings. The van der Waals surface area contributed by atoms with E-state index in [1.807, 2.05) is 44.6 Å². The first-order valence-corrected chi connectivity index (χ1v) is 6.91. The van der Waals surface area contributed by atoms with Crippen LogP contribution in [0.2, 0.25) is 0 Å². The number of nitrogen functional groups attached to an aromatic ring is 1. The molecule has 0 unspecified atom stereocenters. The topological polar surface area (TPSA) is 65.1 Å². The molecular formula is C15H22N4O. The highest BCUT2D eigenvalue weighted by molar-refractivity contribution is 5.72. The summed E-state index contributed by atoms with van der Waals surface area (Å²) in [6.45, 7) is 5.78. The average Bonchev–Trinajstić information content (AvgIpc) is 2.91. The van der Waals surface area contributed by atoms with Gasteiger partial charge < -0.3 is 20.4 Å². The first-order valence-electron chi connectivity index (χ1n) is 6.91. The third kappa shape index (κ3) is 3.91. The fraction of sp³-hybridized carbons (Fsp3) is 0.400. The summed E-state index contributed by atoms with van der Waals surface area (Å²) in [7, 11) is 0. The van der Waals surface area contributed by atoms with Crippen molar-refractivity contribution < 1.29 is 4.74 Å². The standard InChI is InChI=1S/C15H22N4O/c1-12(2)20-14-6-3-5-13(15(14)16)18-7-4-9-19-10-8-17-11-19/h3,5-6,8,10-12,18H,4,7,9,16H2,1-2H3. The van der Waals surface area contributed by atoms with E-state index in [-0.39, 0.29) is 6.10 Å². The number of benzene rings is 1. The lowest BCUT2D eigenvalue weighted by Crippen LogP contribution is -2.10. The Morgan fingerprint density at radius 3 is 2.95 bits per heavy atom. The van der Waals surface area contributed by atoms with Crippen LogP contribution in [0.5, 0.6) is 5.75 Å². The normalized spacial score (nSPS) is 10.8. The number of anilines is 2. The van der Waals surface area contributed by atoms with Gasteiger partial charge in [-0.3, -0.25) is 0 Å². The van der Waals surface area contributed by atoms with Crippen LogP contribution in [-0.2, 0) is 6.54 Å². The summed E-state index contributed by atoms with van der Waals surface area (Å²) >= 11 is 0. The number of rotatable bonds is 7. The van der Waals surface area contributed by atoms with Crippen LogP contribution >= 0.6 is 0 Å². The second kappa shape index (κ2) is 6.84. The third-order valence-electron chi connectivity index (χ3n) is 2.90. The molecule has 5 nitrogen and oxygen atoms in total. The number of imidazole rings is 1. The smallest absolute Gasteiger partial charge is 0.144 e. The molecule has 0 bridgehead atoms. The molecule has 1 heterocycles. The van der Waals surface area contributed by atoms with Crippen molar-refractivity contribution in [3.63, 3.8) is 0 Å². The quantitative estimate of drug-likeness (QED) is 0.602. The zero-order valence-electron chi connectivity index (χ0n) is 12.0. The molecule has 1 aromatic heterocycles. The van der Waals surface area contributed by atoms with Crippen LogP contribution in [0.3, 0.4) is 0 Å². The van der Waals surface area contributed by atoms with E-state index in [0.29, 0.717) is 5.69 Å². The largest absolute Gasteiger partial charge is 0.489 e. The molecule has 0 fully saturated rings. The Hall–Kier alpha value is -2.17. The minimum atomic E-state index is 0.119. The predicted octanol–water partition coefficient (Wildman–Crippen LogP) is 2.75. The number of aromatic nitrogens is 2. The maximum atomic E-state index is 6.11. The summed E-state index contributed by atoms with van der Waals surface area (Å²) in [5, 5.41) is 3.35. The second-order valence-electron chi connectivity index (χ2n) is 4.96. The molecular weight excluding hydrogens is 252 g/mol. The van der Waals surface area contributed by atoms with Gasteiger partial charge in [0.2, 0.25) is 0 Å². The van der Waals surface area contributed by atoms with E-state index in [1.54, 1.807) is 6.20 Å². The molecule has 20 heavy (non-hydrogen) atoms.